The van der Waals surface area contributed by atoms with Crippen molar-refractivity contribution in [2.24, 2.45) is 0 Å². The van der Waals surface area contributed by atoms with Crippen molar-refractivity contribution in [1.82, 2.24) is 0 Å². The standard InChI is InChI=1S/C44H86O4/c1-3-5-6-7-8-9-10-11-12-13-14-15-20-23-26-29-32-35-38-41-44(47)48-42(4-2)39-36-33-30-27-24-21-18-16-17-19-22-25-28-31-34-37-40-43(45)46/h42H,3-41H2,1-2H3,(H,45,46). The van der Waals surface area contributed by atoms with E-state index in [0.29, 0.717) is 12.8 Å². The fraction of sp³-hybridized carbons (Fsp3) is 0.955. The number of unbranched alkanes of at least 4 members (excludes halogenated alkanes) is 33. The maximum Gasteiger partial charge on any atom is 0.306 e. The van der Waals surface area contributed by atoms with Crippen LogP contribution in [0.4, 0.5) is 0 Å². The summed E-state index contributed by atoms with van der Waals surface area (Å²) in [6.07, 6.45) is 49.5. The number of ether oxygens (including phenoxy) is 1. The zero-order valence-corrected chi connectivity index (χ0v) is 32.8. The van der Waals surface area contributed by atoms with Crippen molar-refractivity contribution in [3.63, 3.8) is 0 Å². The predicted molar refractivity (Wildman–Crippen MR) is 209 cm³/mol. The van der Waals surface area contributed by atoms with Crippen molar-refractivity contribution < 1.29 is 19.4 Å². The van der Waals surface area contributed by atoms with Crippen LogP contribution in [0.1, 0.15) is 264 Å². The molecule has 0 saturated carbocycles. The van der Waals surface area contributed by atoms with Crippen LogP contribution in [0.25, 0.3) is 0 Å². The zero-order chi connectivity index (χ0) is 35.0. The number of esters is 1. The molecule has 1 atom stereocenters. The minimum atomic E-state index is -0.661. The average Bonchev–Trinajstić information content (AvgIpc) is 3.08. The molecule has 0 fully saturated rings. The van der Waals surface area contributed by atoms with Crippen LogP contribution in [0.2, 0.25) is 0 Å². The van der Waals surface area contributed by atoms with E-state index in [1.807, 2.05) is 0 Å². The van der Waals surface area contributed by atoms with E-state index in [1.165, 1.54) is 205 Å². The lowest BCUT2D eigenvalue weighted by molar-refractivity contribution is -0.149. The Hall–Kier alpha value is -1.06. The molecule has 1 unspecified atom stereocenters. The lowest BCUT2D eigenvalue weighted by atomic mass is 10.0. The van der Waals surface area contributed by atoms with Gasteiger partial charge < -0.3 is 9.84 Å². The van der Waals surface area contributed by atoms with Gasteiger partial charge in [0.1, 0.15) is 6.10 Å². The van der Waals surface area contributed by atoms with Gasteiger partial charge in [-0.05, 0) is 32.1 Å². The Labute approximate surface area is 301 Å². The van der Waals surface area contributed by atoms with Crippen molar-refractivity contribution in [3.05, 3.63) is 0 Å². The molecular weight excluding hydrogens is 592 g/mol. The third kappa shape index (κ3) is 39.4. The van der Waals surface area contributed by atoms with Gasteiger partial charge in [-0.15, -0.1) is 0 Å². The Balaban J connectivity index is 3.36. The normalized spacial score (nSPS) is 12.0. The molecule has 286 valence electrons. The number of hydrogen-bond acceptors (Lipinski definition) is 3. The highest BCUT2D eigenvalue weighted by Crippen LogP contribution is 2.18. The molecule has 0 spiro atoms. The summed E-state index contributed by atoms with van der Waals surface area (Å²) < 4.78 is 5.81. The van der Waals surface area contributed by atoms with E-state index < -0.39 is 5.97 Å². The molecule has 0 bridgehead atoms. The number of carboxylic acids is 1. The van der Waals surface area contributed by atoms with Crippen molar-refractivity contribution in [3.8, 4) is 0 Å². The highest BCUT2D eigenvalue weighted by molar-refractivity contribution is 5.69. The highest BCUT2D eigenvalue weighted by atomic mass is 16.5. The first kappa shape index (κ1) is 46.9. The van der Waals surface area contributed by atoms with Crippen LogP contribution in [-0.2, 0) is 14.3 Å². The second-order valence-electron chi connectivity index (χ2n) is 15.2. The number of carboxylic acid groups (broad SMARTS) is 1. The molecule has 0 saturated heterocycles. The Bertz CT molecular complexity index is 648. The minimum absolute atomic E-state index is 0.0294. The maximum absolute atomic E-state index is 12.4. The van der Waals surface area contributed by atoms with Crippen LogP contribution in [0.3, 0.4) is 0 Å². The van der Waals surface area contributed by atoms with Crippen LogP contribution in [0, 0.1) is 0 Å². The fourth-order valence-corrected chi connectivity index (χ4v) is 7.06. The number of carbonyl (C=O) groups excluding carboxylic acids is 1. The maximum atomic E-state index is 12.4. The molecule has 0 radical (unpaired) electrons. The van der Waals surface area contributed by atoms with Crippen LogP contribution >= 0.6 is 0 Å². The first-order chi connectivity index (χ1) is 23.6. The number of hydrogen-bond donors (Lipinski definition) is 1. The molecule has 48 heavy (non-hydrogen) atoms. The molecule has 0 heterocycles. The van der Waals surface area contributed by atoms with Crippen LogP contribution < -0.4 is 0 Å². The summed E-state index contributed by atoms with van der Waals surface area (Å²) in [7, 11) is 0. The van der Waals surface area contributed by atoms with E-state index in [9.17, 15) is 9.59 Å². The fourth-order valence-electron chi connectivity index (χ4n) is 7.06. The van der Waals surface area contributed by atoms with Gasteiger partial charge in [-0.2, -0.15) is 0 Å². The summed E-state index contributed by atoms with van der Waals surface area (Å²) in [6, 6.07) is 0. The van der Waals surface area contributed by atoms with E-state index in [-0.39, 0.29) is 12.1 Å². The molecule has 0 aromatic carbocycles. The monoisotopic (exact) mass is 679 g/mol. The summed E-state index contributed by atoms with van der Waals surface area (Å²) >= 11 is 0. The van der Waals surface area contributed by atoms with Crippen molar-refractivity contribution in [1.29, 1.82) is 0 Å². The molecule has 0 amide bonds. The van der Waals surface area contributed by atoms with E-state index in [1.54, 1.807) is 0 Å². The number of rotatable bonds is 41. The Kier molecular flexibility index (Phi) is 39.5. The lowest BCUT2D eigenvalue weighted by Crippen LogP contribution is -2.17. The van der Waals surface area contributed by atoms with Crippen molar-refractivity contribution in [2.75, 3.05) is 0 Å². The van der Waals surface area contributed by atoms with Gasteiger partial charge in [-0.25, -0.2) is 0 Å². The summed E-state index contributed by atoms with van der Waals surface area (Å²) in [5, 5.41) is 8.66. The quantitative estimate of drug-likeness (QED) is 0.0516. The number of aliphatic carboxylic acids is 1. The molecule has 0 aromatic rings. The molecule has 1 N–H and O–H groups in total. The summed E-state index contributed by atoms with van der Waals surface area (Å²) in [4.78, 5) is 22.9. The van der Waals surface area contributed by atoms with Gasteiger partial charge in [-0.3, -0.25) is 9.59 Å². The SMILES string of the molecule is CCCCCCCCCCCCCCCCCCCCCC(=O)OC(CC)CCCCCCCCCCCCCCCCCCC(=O)O. The summed E-state index contributed by atoms with van der Waals surface area (Å²) in [6.45, 7) is 4.45. The van der Waals surface area contributed by atoms with E-state index in [2.05, 4.69) is 13.8 Å². The molecule has 4 nitrogen and oxygen atoms in total. The van der Waals surface area contributed by atoms with Gasteiger partial charge in [0.25, 0.3) is 0 Å². The molecular formula is C44H86O4. The minimum Gasteiger partial charge on any atom is -0.481 e. The first-order valence-corrected chi connectivity index (χ1v) is 22.0. The average molecular weight is 679 g/mol. The van der Waals surface area contributed by atoms with Gasteiger partial charge >= 0.3 is 11.9 Å². The van der Waals surface area contributed by atoms with Gasteiger partial charge in [0.05, 0.1) is 0 Å². The smallest absolute Gasteiger partial charge is 0.306 e. The Morgan fingerprint density at radius 3 is 0.958 bits per heavy atom. The van der Waals surface area contributed by atoms with Gasteiger partial charge in [-0.1, -0.05) is 219 Å². The zero-order valence-electron chi connectivity index (χ0n) is 32.8. The van der Waals surface area contributed by atoms with E-state index in [4.69, 9.17) is 9.84 Å². The second kappa shape index (κ2) is 40.4. The van der Waals surface area contributed by atoms with E-state index >= 15 is 0 Å². The number of carbonyl (C=O) groups is 2. The van der Waals surface area contributed by atoms with Crippen molar-refractivity contribution >= 4 is 11.9 Å². The third-order valence-electron chi connectivity index (χ3n) is 10.4. The second-order valence-corrected chi connectivity index (χ2v) is 15.2. The van der Waals surface area contributed by atoms with E-state index in [0.717, 1.165) is 32.1 Å². The predicted octanol–water partition coefficient (Wildman–Crippen LogP) is 15.2. The highest BCUT2D eigenvalue weighted by Gasteiger charge is 2.12. The summed E-state index contributed by atoms with van der Waals surface area (Å²) in [5.74, 6) is -0.632. The summed E-state index contributed by atoms with van der Waals surface area (Å²) in [5.41, 5.74) is 0. The molecule has 0 aromatic heterocycles. The van der Waals surface area contributed by atoms with Gasteiger partial charge in [0.2, 0.25) is 0 Å². The van der Waals surface area contributed by atoms with Gasteiger partial charge in [0.15, 0.2) is 0 Å². The topological polar surface area (TPSA) is 63.6 Å². The molecule has 0 aliphatic rings. The Morgan fingerprint density at radius 2 is 0.667 bits per heavy atom. The van der Waals surface area contributed by atoms with Crippen LogP contribution in [0.15, 0.2) is 0 Å². The Morgan fingerprint density at radius 1 is 0.396 bits per heavy atom. The lowest BCUT2D eigenvalue weighted by Gasteiger charge is -2.16. The van der Waals surface area contributed by atoms with Crippen LogP contribution in [-0.4, -0.2) is 23.1 Å². The first-order valence-electron chi connectivity index (χ1n) is 22.0. The molecule has 0 rings (SSSR count). The molecule has 0 aliphatic heterocycles. The molecule has 0 aliphatic carbocycles. The van der Waals surface area contributed by atoms with Gasteiger partial charge in [0, 0.05) is 12.8 Å². The van der Waals surface area contributed by atoms with Crippen molar-refractivity contribution in [2.45, 2.75) is 270 Å². The third-order valence-corrected chi connectivity index (χ3v) is 10.4. The largest absolute Gasteiger partial charge is 0.481 e. The molecule has 4 heteroatoms. The van der Waals surface area contributed by atoms with Crippen LogP contribution in [0.5, 0.6) is 0 Å².